The smallest absolute Gasteiger partial charge is 0.261 e. The van der Waals surface area contributed by atoms with Gasteiger partial charge in [0.2, 0.25) is 5.95 Å². The third kappa shape index (κ3) is 3.95. The number of methoxy groups -OCH3 is 1. The van der Waals surface area contributed by atoms with Crippen molar-refractivity contribution in [3.05, 3.63) is 59.1 Å². The number of hydrogen-bond acceptors (Lipinski definition) is 6. The van der Waals surface area contributed by atoms with Gasteiger partial charge in [0.1, 0.15) is 5.75 Å². The number of anilines is 1. The summed E-state index contributed by atoms with van der Waals surface area (Å²) in [5.74, 6) is 0.843. The van der Waals surface area contributed by atoms with Gasteiger partial charge in [0, 0.05) is 6.20 Å². The average Bonchev–Trinajstić information content (AvgIpc) is 3.12. The summed E-state index contributed by atoms with van der Waals surface area (Å²) in [4.78, 5) is 22.0. The summed E-state index contributed by atoms with van der Waals surface area (Å²) < 4.78 is 5.22. The van der Waals surface area contributed by atoms with Crippen molar-refractivity contribution < 1.29 is 9.53 Å². The number of nitrogens with two attached hydrogens (primary N) is 1. The highest BCUT2D eigenvalue weighted by Crippen LogP contribution is 2.27. The molecule has 3 aromatic rings. The van der Waals surface area contributed by atoms with E-state index in [2.05, 4.69) is 15.3 Å². The maximum atomic E-state index is 12.5. The molecule has 0 aliphatic rings. The van der Waals surface area contributed by atoms with Crippen LogP contribution < -0.4 is 15.8 Å². The zero-order valence-electron chi connectivity index (χ0n) is 13.9. The first kappa shape index (κ1) is 16.9. The van der Waals surface area contributed by atoms with E-state index in [9.17, 15) is 4.79 Å². The molecule has 0 fully saturated rings. The van der Waals surface area contributed by atoms with Gasteiger partial charge in [-0.05, 0) is 42.8 Å². The van der Waals surface area contributed by atoms with E-state index < -0.39 is 0 Å². The van der Waals surface area contributed by atoms with Gasteiger partial charge in [0.05, 0.1) is 28.6 Å². The van der Waals surface area contributed by atoms with Gasteiger partial charge in [-0.15, -0.1) is 11.3 Å². The third-order valence-electron chi connectivity index (χ3n) is 3.70. The second-order valence-electron chi connectivity index (χ2n) is 5.44. The molecule has 3 rings (SSSR count). The first-order valence-electron chi connectivity index (χ1n) is 7.70. The van der Waals surface area contributed by atoms with Gasteiger partial charge in [-0.25, -0.2) is 9.97 Å². The quantitative estimate of drug-likeness (QED) is 0.734. The minimum Gasteiger partial charge on any atom is -0.497 e. The lowest BCUT2D eigenvalue weighted by molar-refractivity contribution is 0.0944. The van der Waals surface area contributed by atoms with E-state index in [1.54, 1.807) is 25.4 Å². The predicted octanol–water partition coefficient (Wildman–Crippen LogP) is 3.29. The molecule has 3 N–H and O–H groups in total. The number of ether oxygens (including phenoxy) is 1. The molecule has 0 aliphatic heterocycles. The number of carbonyl (C=O) groups excluding carboxylic acids is 1. The first-order valence-corrected chi connectivity index (χ1v) is 8.52. The number of aromatic nitrogens is 2. The molecule has 0 aliphatic carbocycles. The molecule has 25 heavy (non-hydrogen) atoms. The van der Waals surface area contributed by atoms with Crippen LogP contribution in [0.2, 0.25) is 0 Å². The number of rotatable bonds is 5. The summed E-state index contributed by atoms with van der Waals surface area (Å²) in [6.45, 7) is 1.94. The van der Waals surface area contributed by atoms with Crippen LogP contribution in [0.4, 0.5) is 5.95 Å². The van der Waals surface area contributed by atoms with Gasteiger partial charge in [-0.2, -0.15) is 0 Å². The van der Waals surface area contributed by atoms with Gasteiger partial charge >= 0.3 is 0 Å². The van der Waals surface area contributed by atoms with Crippen LogP contribution in [-0.4, -0.2) is 23.0 Å². The van der Waals surface area contributed by atoms with Crippen LogP contribution in [0.5, 0.6) is 5.75 Å². The SMILES string of the molecule is COc1cccc(C(C)NC(=O)c2ccc(-c3ccnc(N)n3)s2)c1. The molecule has 7 heteroatoms. The maximum absolute atomic E-state index is 12.5. The van der Waals surface area contributed by atoms with Crippen LogP contribution in [0.25, 0.3) is 10.6 Å². The molecule has 0 radical (unpaired) electrons. The van der Waals surface area contributed by atoms with Crippen molar-refractivity contribution in [1.29, 1.82) is 0 Å². The minimum absolute atomic E-state index is 0.131. The number of nitrogen functional groups attached to an aromatic ring is 1. The topological polar surface area (TPSA) is 90.1 Å². The first-order chi connectivity index (χ1) is 12.1. The fourth-order valence-corrected chi connectivity index (χ4v) is 3.25. The number of hydrogen-bond donors (Lipinski definition) is 2. The van der Waals surface area contributed by atoms with Crippen molar-refractivity contribution in [3.63, 3.8) is 0 Å². The normalized spacial score (nSPS) is 11.8. The highest BCUT2D eigenvalue weighted by Gasteiger charge is 2.15. The van der Waals surface area contributed by atoms with E-state index >= 15 is 0 Å². The highest BCUT2D eigenvalue weighted by atomic mass is 32.1. The Bertz CT molecular complexity index is 894. The summed E-state index contributed by atoms with van der Waals surface area (Å²) in [5.41, 5.74) is 7.29. The Morgan fingerprint density at radius 2 is 2.12 bits per heavy atom. The lowest BCUT2D eigenvalue weighted by atomic mass is 10.1. The Morgan fingerprint density at radius 1 is 1.28 bits per heavy atom. The monoisotopic (exact) mass is 354 g/mol. The van der Waals surface area contributed by atoms with Gasteiger partial charge < -0.3 is 15.8 Å². The van der Waals surface area contributed by atoms with Crippen molar-refractivity contribution in [2.75, 3.05) is 12.8 Å². The summed E-state index contributed by atoms with van der Waals surface area (Å²) >= 11 is 1.37. The van der Waals surface area contributed by atoms with Gasteiger partial charge in [0.25, 0.3) is 5.91 Å². The Labute approximate surface area is 149 Å². The molecule has 1 atom stereocenters. The molecule has 0 spiro atoms. The van der Waals surface area contributed by atoms with E-state index in [0.29, 0.717) is 10.6 Å². The molecule has 2 aromatic heterocycles. The van der Waals surface area contributed by atoms with Crippen molar-refractivity contribution in [1.82, 2.24) is 15.3 Å². The summed E-state index contributed by atoms with van der Waals surface area (Å²) in [6, 6.07) is 12.9. The number of benzene rings is 1. The predicted molar refractivity (Wildman–Crippen MR) is 98.6 cm³/mol. The largest absolute Gasteiger partial charge is 0.497 e. The Hall–Kier alpha value is -2.93. The Kier molecular flexibility index (Phi) is 4.95. The Morgan fingerprint density at radius 3 is 2.88 bits per heavy atom. The highest BCUT2D eigenvalue weighted by molar-refractivity contribution is 7.17. The maximum Gasteiger partial charge on any atom is 0.261 e. The molecule has 0 saturated carbocycles. The molecule has 1 unspecified atom stereocenters. The average molecular weight is 354 g/mol. The van der Waals surface area contributed by atoms with Gasteiger partial charge in [-0.1, -0.05) is 12.1 Å². The second kappa shape index (κ2) is 7.31. The lowest BCUT2D eigenvalue weighted by Crippen LogP contribution is -2.25. The zero-order valence-corrected chi connectivity index (χ0v) is 14.7. The number of thiophene rings is 1. The van der Waals surface area contributed by atoms with E-state index in [-0.39, 0.29) is 17.9 Å². The van der Waals surface area contributed by atoms with Crippen LogP contribution in [0.3, 0.4) is 0 Å². The van der Waals surface area contributed by atoms with Crippen molar-refractivity contribution in [2.45, 2.75) is 13.0 Å². The number of amides is 1. The number of nitrogens with one attached hydrogen (secondary N) is 1. The molecule has 128 valence electrons. The van der Waals surface area contributed by atoms with Crippen molar-refractivity contribution >= 4 is 23.2 Å². The minimum atomic E-state index is -0.136. The fraction of sp³-hybridized carbons (Fsp3) is 0.167. The van der Waals surface area contributed by atoms with Crippen LogP contribution >= 0.6 is 11.3 Å². The van der Waals surface area contributed by atoms with E-state index in [1.807, 2.05) is 37.3 Å². The standard InChI is InChI=1S/C18H18N4O2S/c1-11(12-4-3-5-13(10-12)24-2)21-17(23)16-7-6-15(25-16)14-8-9-20-18(19)22-14/h3-11H,1-2H3,(H,21,23)(H2,19,20,22). The molecular weight excluding hydrogens is 336 g/mol. The second-order valence-corrected chi connectivity index (χ2v) is 6.52. The summed E-state index contributed by atoms with van der Waals surface area (Å²) in [5, 5.41) is 3.00. The van der Waals surface area contributed by atoms with Crippen LogP contribution in [0, 0.1) is 0 Å². The van der Waals surface area contributed by atoms with Gasteiger partial charge in [-0.3, -0.25) is 4.79 Å². The van der Waals surface area contributed by atoms with Crippen LogP contribution in [0.1, 0.15) is 28.2 Å². The number of carbonyl (C=O) groups is 1. The van der Waals surface area contributed by atoms with Crippen LogP contribution in [-0.2, 0) is 0 Å². The molecule has 0 saturated heterocycles. The van der Waals surface area contributed by atoms with E-state index in [0.717, 1.165) is 16.2 Å². The summed E-state index contributed by atoms with van der Waals surface area (Å²) in [7, 11) is 1.62. The van der Waals surface area contributed by atoms with Crippen molar-refractivity contribution in [2.24, 2.45) is 0 Å². The fourth-order valence-electron chi connectivity index (χ4n) is 2.37. The molecular formula is C18H18N4O2S. The van der Waals surface area contributed by atoms with E-state index in [4.69, 9.17) is 10.5 Å². The Balaban J connectivity index is 1.73. The lowest BCUT2D eigenvalue weighted by Gasteiger charge is -2.14. The van der Waals surface area contributed by atoms with E-state index in [1.165, 1.54) is 11.3 Å². The van der Waals surface area contributed by atoms with Crippen molar-refractivity contribution in [3.8, 4) is 16.3 Å². The molecule has 6 nitrogen and oxygen atoms in total. The summed E-state index contributed by atoms with van der Waals surface area (Å²) in [6.07, 6.45) is 1.60. The van der Waals surface area contributed by atoms with Gasteiger partial charge in [0.15, 0.2) is 0 Å². The third-order valence-corrected chi connectivity index (χ3v) is 4.80. The molecule has 1 aromatic carbocycles. The molecule has 2 heterocycles. The zero-order chi connectivity index (χ0) is 17.8. The van der Waals surface area contributed by atoms with Crippen LogP contribution in [0.15, 0.2) is 48.7 Å². The molecule has 1 amide bonds. The molecule has 0 bridgehead atoms. The number of nitrogens with zero attached hydrogens (tertiary/aromatic N) is 2.